The van der Waals surface area contributed by atoms with Crippen LogP contribution >= 0.6 is 15.9 Å². The number of nitrogens with zero attached hydrogens (tertiary/aromatic N) is 1. The van der Waals surface area contributed by atoms with Crippen LogP contribution in [-0.2, 0) is 17.8 Å². The molecule has 2 rings (SSSR count). The van der Waals surface area contributed by atoms with Crippen molar-refractivity contribution in [3.63, 3.8) is 0 Å². The number of benzene rings is 1. The van der Waals surface area contributed by atoms with Gasteiger partial charge in [-0.3, -0.25) is 4.79 Å². The van der Waals surface area contributed by atoms with Crippen molar-refractivity contribution in [2.45, 2.75) is 33.7 Å². The number of fused-ring (bicyclic) bond motifs is 1. The van der Waals surface area contributed by atoms with Crippen molar-refractivity contribution in [2.75, 3.05) is 6.54 Å². The lowest BCUT2D eigenvalue weighted by Crippen LogP contribution is -2.42. The molecule has 1 aliphatic rings. The zero-order chi connectivity index (χ0) is 12.6. The third-order valence-electron chi connectivity index (χ3n) is 3.11. The lowest BCUT2D eigenvalue weighted by molar-refractivity contribution is -0.140. The van der Waals surface area contributed by atoms with Gasteiger partial charge in [0, 0.05) is 23.0 Å². The molecule has 0 spiro atoms. The summed E-state index contributed by atoms with van der Waals surface area (Å²) in [6.45, 7) is 7.52. The molecule has 1 amide bonds. The SMILES string of the molecule is CC(C)(C)C(=O)N1CCc2cc(Br)ccc2C1. The van der Waals surface area contributed by atoms with Crippen LogP contribution in [0.1, 0.15) is 31.9 Å². The van der Waals surface area contributed by atoms with Gasteiger partial charge in [0.2, 0.25) is 5.91 Å². The molecule has 0 aliphatic carbocycles. The minimum Gasteiger partial charge on any atom is -0.338 e. The van der Waals surface area contributed by atoms with Crippen LogP contribution < -0.4 is 0 Å². The average molecular weight is 296 g/mol. The second kappa shape index (κ2) is 4.45. The van der Waals surface area contributed by atoms with Gasteiger partial charge in [-0.1, -0.05) is 42.8 Å². The summed E-state index contributed by atoms with van der Waals surface area (Å²) in [5.41, 5.74) is 2.35. The standard InChI is InChI=1S/C14H18BrNO/c1-14(2,3)13(17)16-7-6-10-8-12(15)5-4-11(10)9-16/h4-5,8H,6-7,9H2,1-3H3. The molecule has 0 saturated carbocycles. The lowest BCUT2D eigenvalue weighted by Gasteiger charge is -2.33. The molecular weight excluding hydrogens is 278 g/mol. The molecule has 0 unspecified atom stereocenters. The van der Waals surface area contributed by atoms with Crippen molar-refractivity contribution in [3.8, 4) is 0 Å². The van der Waals surface area contributed by atoms with E-state index in [0.29, 0.717) is 0 Å². The first-order valence-corrected chi connectivity index (χ1v) is 6.74. The van der Waals surface area contributed by atoms with E-state index >= 15 is 0 Å². The maximum Gasteiger partial charge on any atom is 0.228 e. The third-order valence-corrected chi connectivity index (χ3v) is 3.60. The second-order valence-electron chi connectivity index (χ2n) is 5.64. The highest BCUT2D eigenvalue weighted by Crippen LogP contribution is 2.26. The van der Waals surface area contributed by atoms with E-state index in [1.807, 2.05) is 31.7 Å². The summed E-state index contributed by atoms with van der Waals surface area (Å²) in [7, 11) is 0. The minimum absolute atomic E-state index is 0.242. The smallest absolute Gasteiger partial charge is 0.228 e. The number of carbonyl (C=O) groups is 1. The molecule has 17 heavy (non-hydrogen) atoms. The summed E-state index contributed by atoms with van der Waals surface area (Å²) in [4.78, 5) is 14.2. The van der Waals surface area contributed by atoms with E-state index in [0.717, 1.165) is 24.0 Å². The van der Waals surface area contributed by atoms with Crippen LogP contribution in [0, 0.1) is 5.41 Å². The van der Waals surface area contributed by atoms with E-state index in [1.165, 1.54) is 11.1 Å². The molecule has 0 fully saturated rings. The van der Waals surface area contributed by atoms with Gasteiger partial charge < -0.3 is 4.90 Å². The van der Waals surface area contributed by atoms with Crippen LogP contribution in [0.2, 0.25) is 0 Å². The van der Waals surface area contributed by atoms with Crippen LogP contribution in [0.3, 0.4) is 0 Å². The first-order valence-electron chi connectivity index (χ1n) is 5.94. The zero-order valence-corrected chi connectivity index (χ0v) is 12.2. The van der Waals surface area contributed by atoms with E-state index in [2.05, 4.69) is 28.1 Å². The summed E-state index contributed by atoms with van der Waals surface area (Å²) in [6.07, 6.45) is 0.955. The fraction of sp³-hybridized carbons (Fsp3) is 0.500. The van der Waals surface area contributed by atoms with Crippen molar-refractivity contribution in [3.05, 3.63) is 33.8 Å². The normalized spacial score (nSPS) is 15.6. The highest BCUT2D eigenvalue weighted by atomic mass is 79.9. The van der Waals surface area contributed by atoms with Crippen molar-refractivity contribution in [1.82, 2.24) is 4.90 Å². The van der Waals surface area contributed by atoms with Gasteiger partial charge in [-0.15, -0.1) is 0 Å². The van der Waals surface area contributed by atoms with E-state index < -0.39 is 0 Å². The molecule has 3 heteroatoms. The second-order valence-corrected chi connectivity index (χ2v) is 6.56. The van der Waals surface area contributed by atoms with Gasteiger partial charge in [0.25, 0.3) is 0 Å². The van der Waals surface area contributed by atoms with Gasteiger partial charge in [0.15, 0.2) is 0 Å². The Kier molecular flexibility index (Phi) is 3.30. The number of hydrogen-bond donors (Lipinski definition) is 0. The average Bonchev–Trinajstić information content (AvgIpc) is 2.26. The molecule has 1 aromatic rings. The monoisotopic (exact) mass is 295 g/mol. The topological polar surface area (TPSA) is 20.3 Å². The number of amides is 1. The molecule has 1 aliphatic heterocycles. The van der Waals surface area contributed by atoms with E-state index in [-0.39, 0.29) is 11.3 Å². The summed E-state index contributed by atoms with van der Waals surface area (Å²) in [5.74, 6) is 0.242. The van der Waals surface area contributed by atoms with Crippen LogP contribution in [-0.4, -0.2) is 17.4 Å². The van der Waals surface area contributed by atoms with Gasteiger partial charge in [0.1, 0.15) is 0 Å². The van der Waals surface area contributed by atoms with Gasteiger partial charge in [-0.05, 0) is 29.7 Å². The molecule has 1 heterocycles. The third kappa shape index (κ3) is 2.71. The maximum absolute atomic E-state index is 12.2. The molecule has 0 atom stereocenters. The predicted molar refractivity (Wildman–Crippen MR) is 72.7 cm³/mol. The van der Waals surface area contributed by atoms with Crippen molar-refractivity contribution in [2.24, 2.45) is 5.41 Å². The Hall–Kier alpha value is -0.830. The van der Waals surface area contributed by atoms with E-state index in [9.17, 15) is 4.79 Å². The Bertz CT molecular complexity index is 448. The zero-order valence-electron chi connectivity index (χ0n) is 10.6. The molecule has 0 bridgehead atoms. The lowest BCUT2D eigenvalue weighted by atomic mass is 9.92. The van der Waals surface area contributed by atoms with Gasteiger partial charge in [-0.25, -0.2) is 0 Å². The van der Waals surface area contributed by atoms with Crippen LogP contribution in [0.4, 0.5) is 0 Å². The molecular formula is C14H18BrNO. The predicted octanol–water partition coefficient (Wildman–Crippen LogP) is 3.38. The Morgan fingerprint density at radius 1 is 1.29 bits per heavy atom. The Balaban J connectivity index is 2.19. The Morgan fingerprint density at radius 2 is 2.00 bits per heavy atom. The Morgan fingerprint density at radius 3 is 2.65 bits per heavy atom. The first-order chi connectivity index (χ1) is 7.88. The molecule has 0 radical (unpaired) electrons. The van der Waals surface area contributed by atoms with Crippen molar-refractivity contribution < 1.29 is 4.79 Å². The molecule has 0 N–H and O–H groups in total. The fourth-order valence-electron chi connectivity index (χ4n) is 2.17. The Labute approximate surface area is 111 Å². The molecule has 1 aromatic carbocycles. The minimum atomic E-state index is -0.285. The van der Waals surface area contributed by atoms with Gasteiger partial charge in [-0.2, -0.15) is 0 Å². The van der Waals surface area contributed by atoms with Crippen LogP contribution in [0.25, 0.3) is 0 Å². The maximum atomic E-state index is 12.2. The quantitative estimate of drug-likeness (QED) is 0.718. The van der Waals surface area contributed by atoms with Gasteiger partial charge >= 0.3 is 0 Å². The first kappa shape index (κ1) is 12.6. The number of carbonyl (C=O) groups excluding carboxylic acids is 1. The van der Waals surface area contributed by atoms with Crippen molar-refractivity contribution in [1.29, 1.82) is 0 Å². The number of rotatable bonds is 0. The van der Waals surface area contributed by atoms with Crippen LogP contribution in [0.15, 0.2) is 22.7 Å². The number of hydrogen-bond acceptors (Lipinski definition) is 1. The van der Waals surface area contributed by atoms with E-state index in [1.54, 1.807) is 0 Å². The van der Waals surface area contributed by atoms with Crippen molar-refractivity contribution >= 4 is 21.8 Å². The fourth-order valence-corrected chi connectivity index (χ4v) is 2.58. The highest BCUT2D eigenvalue weighted by Gasteiger charge is 2.29. The molecule has 0 saturated heterocycles. The van der Waals surface area contributed by atoms with E-state index in [4.69, 9.17) is 0 Å². The summed E-state index contributed by atoms with van der Waals surface area (Å²) in [5, 5.41) is 0. The molecule has 92 valence electrons. The summed E-state index contributed by atoms with van der Waals surface area (Å²) >= 11 is 3.49. The number of halogens is 1. The summed E-state index contributed by atoms with van der Waals surface area (Å²) in [6, 6.07) is 6.32. The molecule has 0 aromatic heterocycles. The van der Waals surface area contributed by atoms with Crippen LogP contribution in [0.5, 0.6) is 0 Å². The summed E-state index contributed by atoms with van der Waals surface area (Å²) < 4.78 is 1.12. The largest absolute Gasteiger partial charge is 0.338 e. The molecule has 2 nitrogen and oxygen atoms in total. The highest BCUT2D eigenvalue weighted by molar-refractivity contribution is 9.10. The van der Waals surface area contributed by atoms with Gasteiger partial charge in [0.05, 0.1) is 0 Å².